The van der Waals surface area contributed by atoms with E-state index in [0.29, 0.717) is 11.3 Å². The van der Waals surface area contributed by atoms with Gasteiger partial charge in [0.1, 0.15) is 6.29 Å². The second-order valence-corrected chi connectivity index (χ2v) is 4.21. The van der Waals surface area contributed by atoms with Crippen molar-refractivity contribution in [3.05, 3.63) is 29.8 Å². The van der Waals surface area contributed by atoms with Crippen LogP contribution in [0.1, 0.15) is 36.0 Å². The van der Waals surface area contributed by atoms with Crippen LogP contribution in [0.5, 0.6) is 0 Å². The van der Waals surface area contributed by atoms with Gasteiger partial charge in [-0.1, -0.05) is 25.0 Å². The summed E-state index contributed by atoms with van der Waals surface area (Å²) in [4.78, 5) is 22.4. The highest BCUT2D eigenvalue weighted by atomic mass is 16.1. The van der Waals surface area contributed by atoms with Crippen LogP contribution in [0, 0.1) is 5.92 Å². The van der Waals surface area contributed by atoms with E-state index in [9.17, 15) is 9.59 Å². The molecule has 3 nitrogen and oxygen atoms in total. The maximum Gasteiger partial charge on any atom is 0.227 e. The van der Waals surface area contributed by atoms with E-state index < -0.39 is 0 Å². The summed E-state index contributed by atoms with van der Waals surface area (Å²) in [7, 11) is 0. The van der Waals surface area contributed by atoms with Crippen LogP contribution in [0.15, 0.2) is 24.3 Å². The molecular formula is C13H15NO2. The van der Waals surface area contributed by atoms with E-state index in [0.717, 1.165) is 32.0 Å². The molecule has 0 saturated heterocycles. The van der Waals surface area contributed by atoms with Crippen molar-refractivity contribution in [2.24, 2.45) is 5.92 Å². The molecule has 1 N–H and O–H groups in total. The van der Waals surface area contributed by atoms with Crippen molar-refractivity contribution in [2.75, 3.05) is 5.32 Å². The lowest BCUT2D eigenvalue weighted by molar-refractivity contribution is -0.119. The molecule has 0 heterocycles. The molecule has 1 fully saturated rings. The van der Waals surface area contributed by atoms with E-state index >= 15 is 0 Å². The lowest BCUT2D eigenvalue weighted by Crippen LogP contribution is -2.20. The summed E-state index contributed by atoms with van der Waals surface area (Å²) >= 11 is 0. The Morgan fingerprint density at radius 2 is 2.06 bits per heavy atom. The number of carbonyl (C=O) groups excluding carboxylic acids is 2. The first-order valence-corrected chi connectivity index (χ1v) is 5.66. The first kappa shape index (κ1) is 10.9. The van der Waals surface area contributed by atoms with Crippen LogP contribution in [0.2, 0.25) is 0 Å². The Kier molecular flexibility index (Phi) is 3.34. The zero-order chi connectivity index (χ0) is 11.4. The standard InChI is InChI=1S/C13H15NO2/c15-9-10-4-3-7-12(8-10)14-13(16)11-5-1-2-6-11/h3-4,7-9,11H,1-2,5-6H2,(H,14,16). The number of benzene rings is 1. The van der Waals surface area contributed by atoms with Crippen molar-refractivity contribution in [3.8, 4) is 0 Å². The fraction of sp³-hybridized carbons (Fsp3) is 0.385. The molecule has 0 radical (unpaired) electrons. The van der Waals surface area contributed by atoms with E-state index in [1.807, 2.05) is 0 Å². The van der Waals surface area contributed by atoms with Crippen LogP contribution in [-0.4, -0.2) is 12.2 Å². The molecule has 1 amide bonds. The third-order valence-electron chi connectivity index (χ3n) is 3.02. The number of hydrogen-bond donors (Lipinski definition) is 1. The summed E-state index contributed by atoms with van der Waals surface area (Å²) in [5.41, 5.74) is 1.30. The zero-order valence-electron chi connectivity index (χ0n) is 9.11. The first-order valence-electron chi connectivity index (χ1n) is 5.66. The normalized spacial score (nSPS) is 16.0. The van der Waals surface area contributed by atoms with Gasteiger partial charge in [-0.25, -0.2) is 0 Å². The minimum absolute atomic E-state index is 0.0838. The van der Waals surface area contributed by atoms with Gasteiger partial charge in [0.2, 0.25) is 5.91 Å². The Bertz CT molecular complexity index is 395. The Hall–Kier alpha value is -1.64. The highest BCUT2D eigenvalue weighted by molar-refractivity contribution is 5.93. The fourth-order valence-corrected chi connectivity index (χ4v) is 2.12. The first-order chi connectivity index (χ1) is 7.79. The van der Waals surface area contributed by atoms with Crippen LogP contribution in [0.4, 0.5) is 5.69 Å². The number of nitrogens with one attached hydrogen (secondary N) is 1. The molecule has 1 aromatic rings. The van der Waals surface area contributed by atoms with Gasteiger partial charge >= 0.3 is 0 Å². The monoisotopic (exact) mass is 217 g/mol. The van der Waals surface area contributed by atoms with Crippen molar-refractivity contribution in [2.45, 2.75) is 25.7 Å². The molecule has 1 aliphatic rings. The molecule has 1 saturated carbocycles. The van der Waals surface area contributed by atoms with Crippen molar-refractivity contribution >= 4 is 17.9 Å². The minimum atomic E-state index is 0.0838. The van der Waals surface area contributed by atoms with Gasteiger partial charge in [0.15, 0.2) is 0 Å². The molecule has 0 atom stereocenters. The Labute approximate surface area is 94.9 Å². The maximum atomic E-state index is 11.8. The summed E-state index contributed by atoms with van der Waals surface area (Å²) in [6, 6.07) is 6.99. The van der Waals surface area contributed by atoms with E-state index in [1.165, 1.54) is 0 Å². The van der Waals surface area contributed by atoms with Crippen LogP contribution >= 0.6 is 0 Å². The zero-order valence-corrected chi connectivity index (χ0v) is 9.11. The topological polar surface area (TPSA) is 46.2 Å². The molecule has 2 rings (SSSR count). The van der Waals surface area contributed by atoms with Crippen LogP contribution < -0.4 is 5.32 Å². The molecule has 0 bridgehead atoms. The van der Waals surface area contributed by atoms with Crippen molar-refractivity contribution < 1.29 is 9.59 Å². The van der Waals surface area contributed by atoms with Gasteiger partial charge in [0, 0.05) is 17.2 Å². The van der Waals surface area contributed by atoms with Crippen LogP contribution in [-0.2, 0) is 4.79 Å². The maximum absolute atomic E-state index is 11.8. The average Bonchev–Trinajstić information content (AvgIpc) is 2.83. The Morgan fingerprint density at radius 1 is 1.31 bits per heavy atom. The van der Waals surface area contributed by atoms with Gasteiger partial charge < -0.3 is 5.32 Å². The third kappa shape index (κ3) is 2.48. The number of aldehydes is 1. The van der Waals surface area contributed by atoms with E-state index in [-0.39, 0.29) is 11.8 Å². The van der Waals surface area contributed by atoms with Crippen molar-refractivity contribution in [3.63, 3.8) is 0 Å². The Balaban J connectivity index is 2.02. The number of amides is 1. The van der Waals surface area contributed by atoms with Gasteiger partial charge in [0.05, 0.1) is 0 Å². The number of anilines is 1. The highest BCUT2D eigenvalue weighted by Crippen LogP contribution is 2.26. The largest absolute Gasteiger partial charge is 0.326 e. The number of carbonyl (C=O) groups is 2. The van der Waals surface area contributed by atoms with Crippen molar-refractivity contribution in [1.29, 1.82) is 0 Å². The summed E-state index contributed by atoms with van der Waals surface area (Å²) in [6.07, 6.45) is 5.04. The molecule has 0 aromatic heterocycles. The molecule has 0 unspecified atom stereocenters. The Morgan fingerprint density at radius 3 is 2.75 bits per heavy atom. The lowest BCUT2D eigenvalue weighted by Gasteiger charge is -2.10. The molecule has 0 spiro atoms. The summed E-state index contributed by atoms with van der Waals surface area (Å²) in [5, 5.41) is 2.86. The summed E-state index contributed by atoms with van der Waals surface area (Å²) in [5.74, 6) is 0.237. The van der Waals surface area contributed by atoms with E-state index in [1.54, 1.807) is 24.3 Å². The van der Waals surface area contributed by atoms with E-state index in [4.69, 9.17) is 0 Å². The smallest absolute Gasteiger partial charge is 0.227 e. The van der Waals surface area contributed by atoms with E-state index in [2.05, 4.69) is 5.32 Å². The van der Waals surface area contributed by atoms with Gasteiger partial charge in [-0.05, 0) is 25.0 Å². The van der Waals surface area contributed by atoms with Crippen molar-refractivity contribution in [1.82, 2.24) is 0 Å². The predicted octanol–water partition coefficient (Wildman–Crippen LogP) is 2.63. The van der Waals surface area contributed by atoms with Gasteiger partial charge in [-0.3, -0.25) is 9.59 Å². The van der Waals surface area contributed by atoms with Gasteiger partial charge in [0.25, 0.3) is 0 Å². The molecule has 84 valence electrons. The van der Waals surface area contributed by atoms with Crippen LogP contribution in [0.3, 0.4) is 0 Å². The number of rotatable bonds is 3. The predicted molar refractivity (Wildman–Crippen MR) is 62.4 cm³/mol. The second kappa shape index (κ2) is 4.92. The van der Waals surface area contributed by atoms with Gasteiger partial charge in [-0.2, -0.15) is 0 Å². The molecule has 0 aliphatic heterocycles. The average molecular weight is 217 g/mol. The fourth-order valence-electron chi connectivity index (χ4n) is 2.12. The van der Waals surface area contributed by atoms with Crippen LogP contribution in [0.25, 0.3) is 0 Å². The SMILES string of the molecule is O=Cc1cccc(NC(=O)C2CCCC2)c1. The second-order valence-electron chi connectivity index (χ2n) is 4.21. The minimum Gasteiger partial charge on any atom is -0.326 e. The quantitative estimate of drug-likeness (QED) is 0.791. The van der Waals surface area contributed by atoms with Gasteiger partial charge in [-0.15, -0.1) is 0 Å². The third-order valence-corrected chi connectivity index (χ3v) is 3.02. The number of hydrogen-bond acceptors (Lipinski definition) is 2. The molecule has 1 aliphatic carbocycles. The summed E-state index contributed by atoms with van der Waals surface area (Å²) in [6.45, 7) is 0. The summed E-state index contributed by atoms with van der Waals surface area (Å²) < 4.78 is 0. The molecule has 1 aromatic carbocycles. The lowest BCUT2D eigenvalue weighted by atomic mass is 10.1. The molecule has 3 heteroatoms. The molecule has 16 heavy (non-hydrogen) atoms. The highest BCUT2D eigenvalue weighted by Gasteiger charge is 2.22. The molecular weight excluding hydrogens is 202 g/mol.